The normalized spacial score (nSPS) is 19.8. The van der Waals surface area contributed by atoms with E-state index in [-0.39, 0.29) is 6.04 Å². The van der Waals surface area contributed by atoms with E-state index in [4.69, 9.17) is 0 Å². The Morgan fingerprint density at radius 1 is 1.43 bits per heavy atom. The molecule has 2 rings (SSSR count). The quantitative estimate of drug-likeness (QED) is 0.791. The second-order valence-corrected chi connectivity index (χ2v) is 5.70. The average Bonchev–Trinajstić information content (AvgIpc) is 2.43. The maximum atomic E-state index is 4.41. The highest BCUT2D eigenvalue weighted by Gasteiger charge is 2.18. The lowest BCUT2D eigenvalue weighted by molar-refractivity contribution is 0.875. The molecular weight excluding hydrogens is 307 g/mol. The van der Waals surface area contributed by atoms with Crippen LogP contribution in [-0.2, 0) is 0 Å². The zero-order valence-electron chi connectivity index (χ0n) is 8.04. The molecule has 2 nitrogen and oxygen atoms in total. The van der Waals surface area contributed by atoms with Crippen molar-refractivity contribution in [3.63, 3.8) is 0 Å². The minimum Gasteiger partial charge on any atom is -0.353 e. The maximum absolute atomic E-state index is 4.41. The third kappa shape index (κ3) is 1.72. The number of aliphatic imine (C=N–C) groups is 1. The summed E-state index contributed by atoms with van der Waals surface area (Å²) in [4.78, 5) is 7.18. The Kier molecular flexibility index (Phi) is 2.92. The van der Waals surface area contributed by atoms with Crippen molar-refractivity contribution < 1.29 is 0 Å². The molecule has 14 heavy (non-hydrogen) atoms. The lowest BCUT2D eigenvalue weighted by Crippen LogP contribution is -2.09. The molecule has 1 N–H and O–H groups in total. The van der Waals surface area contributed by atoms with E-state index in [2.05, 4.69) is 52.8 Å². The van der Waals surface area contributed by atoms with Gasteiger partial charge in [-0.1, -0.05) is 0 Å². The fourth-order valence-electron chi connectivity index (χ4n) is 1.55. The van der Waals surface area contributed by atoms with E-state index in [0.29, 0.717) is 0 Å². The van der Waals surface area contributed by atoms with Crippen LogP contribution in [0.25, 0.3) is 0 Å². The van der Waals surface area contributed by atoms with Gasteiger partial charge in [0, 0.05) is 25.1 Å². The molecule has 1 aromatic rings. The second kappa shape index (κ2) is 4.02. The van der Waals surface area contributed by atoms with Crippen molar-refractivity contribution in [2.24, 2.45) is 4.99 Å². The van der Waals surface area contributed by atoms with Gasteiger partial charge < -0.3 is 5.32 Å². The second-order valence-electron chi connectivity index (χ2n) is 3.19. The number of halogens is 1. The van der Waals surface area contributed by atoms with Gasteiger partial charge in [0.25, 0.3) is 0 Å². The fraction of sp³-hybridized carbons (Fsp3) is 0.300. The third-order valence-electron chi connectivity index (χ3n) is 2.21. The molecule has 0 radical (unpaired) electrons. The van der Waals surface area contributed by atoms with Crippen molar-refractivity contribution in [3.8, 4) is 0 Å². The standard InChI is InChI=1S/C10H11IN2S/c1-6-9(10(11)7(2)14-6)8-3-4-12-5-13-8/h3-5,8H,1-2H3,(H,12,13)/t8-/m1/s1. The Balaban J connectivity index is 2.44. The predicted molar refractivity (Wildman–Crippen MR) is 70.0 cm³/mol. The highest BCUT2D eigenvalue weighted by atomic mass is 127. The van der Waals surface area contributed by atoms with Gasteiger partial charge >= 0.3 is 0 Å². The number of nitrogens with zero attached hydrogens (tertiary/aromatic N) is 1. The van der Waals surface area contributed by atoms with Crippen molar-refractivity contribution >= 4 is 40.3 Å². The molecule has 2 heterocycles. The number of aryl methyl sites for hydroxylation is 2. The summed E-state index contributed by atoms with van der Waals surface area (Å²) in [6.45, 7) is 4.33. The van der Waals surface area contributed by atoms with Gasteiger partial charge in [0.15, 0.2) is 0 Å². The summed E-state index contributed by atoms with van der Waals surface area (Å²) < 4.78 is 1.36. The molecule has 0 saturated carbocycles. The van der Waals surface area contributed by atoms with Gasteiger partial charge in [-0.25, -0.2) is 0 Å². The predicted octanol–water partition coefficient (Wildman–Crippen LogP) is 3.16. The van der Waals surface area contributed by atoms with Gasteiger partial charge in [-0.05, 0) is 42.5 Å². The van der Waals surface area contributed by atoms with Gasteiger partial charge in [0.05, 0.1) is 12.4 Å². The molecule has 0 fully saturated rings. The van der Waals surface area contributed by atoms with E-state index >= 15 is 0 Å². The van der Waals surface area contributed by atoms with Gasteiger partial charge in [0.2, 0.25) is 0 Å². The minimum absolute atomic E-state index is 0.202. The first-order valence-electron chi connectivity index (χ1n) is 4.40. The summed E-state index contributed by atoms with van der Waals surface area (Å²) in [6.07, 6.45) is 5.80. The van der Waals surface area contributed by atoms with E-state index in [0.717, 1.165) is 0 Å². The molecule has 1 aliphatic rings. The first-order chi connectivity index (χ1) is 6.70. The van der Waals surface area contributed by atoms with Crippen LogP contribution < -0.4 is 5.32 Å². The molecule has 0 aliphatic carbocycles. The molecule has 1 aromatic heterocycles. The van der Waals surface area contributed by atoms with Gasteiger partial charge in [0.1, 0.15) is 0 Å². The highest BCUT2D eigenvalue weighted by Crippen LogP contribution is 2.35. The van der Waals surface area contributed by atoms with Crippen LogP contribution in [0.4, 0.5) is 0 Å². The van der Waals surface area contributed by atoms with E-state index in [1.54, 1.807) is 6.34 Å². The van der Waals surface area contributed by atoms with Crippen LogP contribution in [-0.4, -0.2) is 6.34 Å². The summed E-state index contributed by atoms with van der Waals surface area (Å²) in [5.41, 5.74) is 1.36. The number of rotatable bonds is 1. The zero-order chi connectivity index (χ0) is 10.1. The van der Waals surface area contributed by atoms with E-state index in [1.807, 2.05) is 17.5 Å². The Morgan fingerprint density at radius 2 is 2.21 bits per heavy atom. The third-order valence-corrected chi connectivity index (χ3v) is 5.00. The smallest absolute Gasteiger partial charge is 0.0985 e. The van der Waals surface area contributed by atoms with Crippen LogP contribution >= 0.6 is 33.9 Å². The molecule has 1 aliphatic heterocycles. The molecule has 0 aromatic carbocycles. The molecule has 74 valence electrons. The van der Waals surface area contributed by atoms with Crippen molar-refractivity contribution in [2.45, 2.75) is 19.9 Å². The van der Waals surface area contributed by atoms with Crippen molar-refractivity contribution in [1.82, 2.24) is 5.32 Å². The van der Waals surface area contributed by atoms with E-state index < -0.39 is 0 Å². The monoisotopic (exact) mass is 318 g/mol. The molecule has 4 heteroatoms. The minimum atomic E-state index is 0.202. The highest BCUT2D eigenvalue weighted by molar-refractivity contribution is 14.1. The van der Waals surface area contributed by atoms with Crippen LogP contribution in [0, 0.1) is 17.4 Å². The lowest BCUT2D eigenvalue weighted by atomic mass is 10.1. The Hall–Kier alpha value is -0.360. The average molecular weight is 318 g/mol. The first-order valence-corrected chi connectivity index (χ1v) is 6.29. The summed E-state index contributed by atoms with van der Waals surface area (Å²) in [5, 5.41) is 2.96. The number of thiophene rings is 1. The Morgan fingerprint density at radius 3 is 2.71 bits per heavy atom. The SMILES string of the molecule is Cc1sc(C)c([C@H]2C=CNC=N2)c1I. The Labute approximate surface area is 101 Å². The molecule has 0 bridgehead atoms. The topological polar surface area (TPSA) is 24.4 Å². The fourth-order valence-corrected chi connectivity index (χ4v) is 3.77. The molecule has 1 atom stereocenters. The van der Waals surface area contributed by atoms with Crippen LogP contribution in [0.1, 0.15) is 21.4 Å². The molecule has 0 amide bonds. The van der Waals surface area contributed by atoms with E-state index in [1.165, 1.54) is 18.9 Å². The summed E-state index contributed by atoms with van der Waals surface area (Å²) in [6, 6.07) is 0.202. The molecule has 0 unspecified atom stereocenters. The summed E-state index contributed by atoms with van der Waals surface area (Å²) in [7, 11) is 0. The molecule has 0 spiro atoms. The lowest BCUT2D eigenvalue weighted by Gasteiger charge is -2.11. The first kappa shape index (κ1) is 10.2. The van der Waals surface area contributed by atoms with Gasteiger partial charge in [-0.15, -0.1) is 11.3 Å². The van der Waals surface area contributed by atoms with Gasteiger partial charge in [-0.3, -0.25) is 4.99 Å². The van der Waals surface area contributed by atoms with Gasteiger partial charge in [-0.2, -0.15) is 0 Å². The van der Waals surface area contributed by atoms with Crippen molar-refractivity contribution in [2.75, 3.05) is 0 Å². The van der Waals surface area contributed by atoms with Crippen LogP contribution in [0.3, 0.4) is 0 Å². The van der Waals surface area contributed by atoms with Crippen molar-refractivity contribution in [1.29, 1.82) is 0 Å². The number of hydrogen-bond acceptors (Lipinski definition) is 3. The molecular formula is C10H11IN2S. The van der Waals surface area contributed by atoms with E-state index in [9.17, 15) is 0 Å². The molecule has 0 saturated heterocycles. The van der Waals surface area contributed by atoms with Crippen LogP contribution in [0.5, 0.6) is 0 Å². The zero-order valence-corrected chi connectivity index (χ0v) is 11.0. The van der Waals surface area contributed by atoms with Crippen LogP contribution in [0.2, 0.25) is 0 Å². The van der Waals surface area contributed by atoms with Crippen LogP contribution in [0.15, 0.2) is 17.3 Å². The number of hydrogen-bond donors (Lipinski definition) is 1. The summed E-state index contributed by atoms with van der Waals surface area (Å²) in [5.74, 6) is 0. The van der Waals surface area contributed by atoms with Crippen molar-refractivity contribution in [3.05, 3.63) is 31.2 Å². The summed E-state index contributed by atoms with van der Waals surface area (Å²) >= 11 is 4.26. The number of nitrogens with one attached hydrogen (secondary N) is 1. The Bertz CT molecular complexity index is 394. The largest absolute Gasteiger partial charge is 0.353 e. The maximum Gasteiger partial charge on any atom is 0.0985 e.